The average molecular weight is 296 g/mol. The van der Waals surface area contributed by atoms with E-state index >= 15 is 0 Å². The Bertz CT molecular complexity index is 377. The Morgan fingerprint density at radius 3 is 2.25 bits per heavy atom. The summed E-state index contributed by atoms with van der Waals surface area (Å²) in [5.74, 6) is 0.742. The van der Waals surface area contributed by atoms with Crippen LogP contribution < -0.4 is 5.32 Å². The Labute approximate surface area is 130 Å². The maximum atomic E-state index is 5.95. The number of likely N-dealkylation sites (N-methyl/N-ethyl adjacent to an activating group) is 1. The molecule has 0 aliphatic heterocycles. The van der Waals surface area contributed by atoms with Crippen molar-refractivity contribution in [2.45, 2.75) is 59.9 Å². The average Bonchev–Trinajstić information content (AvgIpc) is 2.30. The molecule has 0 saturated heterocycles. The van der Waals surface area contributed by atoms with Gasteiger partial charge in [0.15, 0.2) is 0 Å². The normalized spacial score (nSPS) is 15.1. The summed E-state index contributed by atoms with van der Waals surface area (Å²) in [5.41, 5.74) is 1.78. The van der Waals surface area contributed by atoms with Crippen LogP contribution in [0.25, 0.3) is 0 Å². The molecular formula is C18H30ClN. The van der Waals surface area contributed by atoms with Crippen molar-refractivity contribution in [3.05, 3.63) is 34.9 Å². The summed E-state index contributed by atoms with van der Waals surface area (Å²) in [7, 11) is 0. The van der Waals surface area contributed by atoms with Gasteiger partial charge in [0.05, 0.1) is 0 Å². The van der Waals surface area contributed by atoms with Gasteiger partial charge in [-0.3, -0.25) is 0 Å². The predicted molar refractivity (Wildman–Crippen MR) is 90.5 cm³/mol. The van der Waals surface area contributed by atoms with Crippen molar-refractivity contribution in [2.75, 3.05) is 6.54 Å². The lowest BCUT2D eigenvalue weighted by Crippen LogP contribution is -2.33. The van der Waals surface area contributed by atoms with E-state index in [1.807, 2.05) is 12.1 Å². The third-order valence-electron chi connectivity index (χ3n) is 3.54. The zero-order valence-electron chi connectivity index (χ0n) is 13.7. The van der Waals surface area contributed by atoms with Crippen LogP contribution in [0.15, 0.2) is 24.3 Å². The van der Waals surface area contributed by atoms with Crippen molar-refractivity contribution in [2.24, 2.45) is 11.3 Å². The Kier molecular flexibility index (Phi) is 7.05. The minimum absolute atomic E-state index is 0.413. The second-order valence-electron chi connectivity index (χ2n) is 7.19. The van der Waals surface area contributed by atoms with Crippen molar-refractivity contribution in [3.63, 3.8) is 0 Å². The summed E-state index contributed by atoms with van der Waals surface area (Å²) in [6, 6.07) is 8.80. The molecule has 0 bridgehead atoms. The van der Waals surface area contributed by atoms with Crippen LogP contribution in [0, 0.1) is 11.3 Å². The molecule has 0 amide bonds. The fourth-order valence-corrected chi connectivity index (χ4v) is 3.17. The molecule has 0 saturated carbocycles. The molecule has 0 aliphatic carbocycles. The van der Waals surface area contributed by atoms with Crippen molar-refractivity contribution >= 4 is 11.6 Å². The number of hydrogen-bond donors (Lipinski definition) is 1. The minimum atomic E-state index is 0.413. The molecule has 1 aromatic carbocycles. The minimum Gasteiger partial charge on any atom is -0.314 e. The molecule has 2 atom stereocenters. The second kappa shape index (κ2) is 8.05. The number of benzene rings is 1. The summed E-state index contributed by atoms with van der Waals surface area (Å²) < 4.78 is 0. The van der Waals surface area contributed by atoms with Gasteiger partial charge in [0.2, 0.25) is 0 Å². The molecule has 2 heteroatoms. The van der Waals surface area contributed by atoms with Crippen LogP contribution in [-0.4, -0.2) is 12.6 Å². The molecular weight excluding hydrogens is 266 g/mol. The molecule has 1 N–H and O–H groups in total. The molecule has 0 heterocycles. The summed E-state index contributed by atoms with van der Waals surface area (Å²) >= 11 is 5.95. The Morgan fingerprint density at radius 2 is 1.75 bits per heavy atom. The number of nitrogens with one attached hydrogen (secondary N) is 1. The van der Waals surface area contributed by atoms with E-state index in [0.29, 0.717) is 11.5 Å². The fraction of sp³-hybridized carbons (Fsp3) is 0.667. The first-order chi connectivity index (χ1) is 9.30. The second-order valence-corrected chi connectivity index (χ2v) is 7.63. The molecule has 0 aliphatic rings. The summed E-state index contributed by atoms with van der Waals surface area (Å²) in [5, 5.41) is 4.44. The Balaban J connectivity index is 2.57. The molecule has 1 nitrogen and oxygen atoms in total. The lowest BCUT2D eigenvalue weighted by Gasteiger charge is -2.27. The highest BCUT2D eigenvalue weighted by Gasteiger charge is 2.19. The monoisotopic (exact) mass is 295 g/mol. The number of rotatable bonds is 7. The lowest BCUT2D eigenvalue weighted by atomic mass is 9.82. The first-order valence-electron chi connectivity index (χ1n) is 7.78. The Morgan fingerprint density at radius 1 is 1.15 bits per heavy atom. The quantitative estimate of drug-likeness (QED) is 0.717. The highest BCUT2D eigenvalue weighted by Crippen LogP contribution is 2.27. The fourth-order valence-electron chi connectivity index (χ4n) is 3.05. The van der Waals surface area contributed by atoms with E-state index in [-0.39, 0.29) is 0 Å². The van der Waals surface area contributed by atoms with Gasteiger partial charge in [-0.2, -0.15) is 0 Å². The highest BCUT2D eigenvalue weighted by molar-refractivity contribution is 6.30. The van der Waals surface area contributed by atoms with Gasteiger partial charge in [-0.05, 0) is 54.8 Å². The maximum Gasteiger partial charge on any atom is 0.0406 e. The van der Waals surface area contributed by atoms with Gasteiger partial charge in [0.1, 0.15) is 0 Å². The van der Waals surface area contributed by atoms with Crippen molar-refractivity contribution in [1.82, 2.24) is 5.32 Å². The van der Waals surface area contributed by atoms with Crippen molar-refractivity contribution in [3.8, 4) is 0 Å². The molecule has 1 aromatic rings. The molecule has 0 radical (unpaired) electrons. The van der Waals surface area contributed by atoms with E-state index in [4.69, 9.17) is 11.6 Å². The van der Waals surface area contributed by atoms with E-state index in [0.717, 1.165) is 23.9 Å². The summed E-state index contributed by atoms with van der Waals surface area (Å²) in [6.07, 6.45) is 3.59. The van der Waals surface area contributed by atoms with Gasteiger partial charge in [0.25, 0.3) is 0 Å². The summed E-state index contributed by atoms with van der Waals surface area (Å²) in [6.45, 7) is 12.6. The van der Waals surface area contributed by atoms with Gasteiger partial charge < -0.3 is 5.32 Å². The van der Waals surface area contributed by atoms with Gasteiger partial charge in [-0.25, -0.2) is 0 Å². The SMILES string of the molecule is CCNC(Cc1ccc(Cl)cc1)CC(C)CC(C)(C)C. The van der Waals surface area contributed by atoms with Crippen molar-refractivity contribution < 1.29 is 0 Å². The van der Waals surface area contributed by atoms with Gasteiger partial charge in [-0.1, -0.05) is 58.4 Å². The largest absolute Gasteiger partial charge is 0.314 e. The van der Waals surface area contributed by atoms with E-state index in [2.05, 4.69) is 52.1 Å². The Hall–Kier alpha value is -0.530. The number of hydrogen-bond acceptors (Lipinski definition) is 1. The lowest BCUT2D eigenvalue weighted by molar-refractivity contribution is 0.275. The molecule has 0 aromatic heterocycles. The molecule has 20 heavy (non-hydrogen) atoms. The highest BCUT2D eigenvalue weighted by atomic mass is 35.5. The van der Waals surface area contributed by atoms with Crippen LogP contribution in [0.2, 0.25) is 5.02 Å². The smallest absolute Gasteiger partial charge is 0.0406 e. The van der Waals surface area contributed by atoms with Crippen LogP contribution >= 0.6 is 11.6 Å². The zero-order chi connectivity index (χ0) is 15.2. The van der Waals surface area contributed by atoms with Crippen LogP contribution in [-0.2, 0) is 6.42 Å². The van der Waals surface area contributed by atoms with Gasteiger partial charge in [-0.15, -0.1) is 0 Å². The van der Waals surface area contributed by atoms with Crippen LogP contribution in [0.5, 0.6) is 0 Å². The first-order valence-corrected chi connectivity index (χ1v) is 8.16. The molecule has 2 unspecified atom stereocenters. The standard InChI is InChI=1S/C18H30ClN/c1-6-20-17(11-14(2)13-18(3,4)5)12-15-7-9-16(19)10-8-15/h7-10,14,17,20H,6,11-13H2,1-5H3. The van der Waals surface area contributed by atoms with Crippen LogP contribution in [0.3, 0.4) is 0 Å². The molecule has 114 valence electrons. The third kappa shape index (κ3) is 7.31. The van der Waals surface area contributed by atoms with E-state index in [1.165, 1.54) is 18.4 Å². The topological polar surface area (TPSA) is 12.0 Å². The molecule has 0 fully saturated rings. The summed E-state index contributed by atoms with van der Waals surface area (Å²) in [4.78, 5) is 0. The third-order valence-corrected chi connectivity index (χ3v) is 3.79. The maximum absolute atomic E-state index is 5.95. The van der Waals surface area contributed by atoms with Crippen molar-refractivity contribution in [1.29, 1.82) is 0 Å². The molecule has 0 spiro atoms. The first kappa shape index (κ1) is 17.5. The molecule has 1 rings (SSSR count). The van der Waals surface area contributed by atoms with E-state index in [9.17, 15) is 0 Å². The van der Waals surface area contributed by atoms with E-state index < -0.39 is 0 Å². The van der Waals surface area contributed by atoms with Gasteiger partial charge >= 0.3 is 0 Å². The zero-order valence-corrected chi connectivity index (χ0v) is 14.4. The van der Waals surface area contributed by atoms with Gasteiger partial charge in [0, 0.05) is 11.1 Å². The predicted octanol–water partition coefficient (Wildman–Crippen LogP) is 5.32. The van der Waals surface area contributed by atoms with E-state index in [1.54, 1.807) is 0 Å². The number of halogens is 1. The van der Waals surface area contributed by atoms with Crippen LogP contribution in [0.1, 0.15) is 53.0 Å². The van der Waals surface area contributed by atoms with Crippen LogP contribution in [0.4, 0.5) is 0 Å².